The summed E-state index contributed by atoms with van der Waals surface area (Å²) >= 11 is 0. The summed E-state index contributed by atoms with van der Waals surface area (Å²) in [4.78, 5) is 13.5. The van der Waals surface area contributed by atoms with Gasteiger partial charge in [0, 0.05) is 19.6 Å². The number of nitrogens with zero attached hydrogens (tertiary/aromatic N) is 1. The second-order valence-corrected chi connectivity index (χ2v) is 5.56. The number of aliphatic hydroxyl groups excluding tert-OH is 1. The third-order valence-electron chi connectivity index (χ3n) is 3.45. The summed E-state index contributed by atoms with van der Waals surface area (Å²) in [5.41, 5.74) is 0.364. The Morgan fingerprint density at radius 3 is 2.53 bits per heavy atom. The van der Waals surface area contributed by atoms with Crippen LogP contribution < -0.4 is 5.32 Å². The molecule has 1 aliphatic rings. The normalized spacial score (nSPS) is 17.0. The second-order valence-electron chi connectivity index (χ2n) is 5.56. The van der Waals surface area contributed by atoms with Crippen molar-refractivity contribution in [3.8, 4) is 0 Å². The molecule has 17 heavy (non-hydrogen) atoms. The Morgan fingerprint density at radius 2 is 2.12 bits per heavy atom. The molecule has 0 bridgehead atoms. The Hall–Kier alpha value is -0.770. The molecule has 0 aromatic heterocycles. The van der Waals surface area contributed by atoms with Crippen molar-refractivity contribution in [3.05, 3.63) is 0 Å². The van der Waals surface area contributed by atoms with Crippen LogP contribution in [-0.4, -0.2) is 42.3 Å². The fraction of sp³-hybridized carbons (Fsp3) is 0.923. The van der Waals surface area contributed by atoms with E-state index in [9.17, 15) is 4.79 Å². The number of nitrogens with one attached hydrogen (secondary N) is 1. The molecule has 100 valence electrons. The zero-order valence-electron chi connectivity index (χ0n) is 11.3. The third-order valence-corrected chi connectivity index (χ3v) is 3.45. The monoisotopic (exact) mass is 242 g/mol. The summed E-state index contributed by atoms with van der Waals surface area (Å²) in [6, 6.07) is -0.0448. The molecule has 1 aliphatic carbocycles. The Bertz CT molecular complexity index is 250. The van der Waals surface area contributed by atoms with E-state index >= 15 is 0 Å². The average molecular weight is 242 g/mol. The third kappa shape index (κ3) is 4.54. The van der Waals surface area contributed by atoms with Gasteiger partial charge in [0.05, 0.1) is 6.61 Å². The Balaban J connectivity index is 2.32. The van der Waals surface area contributed by atoms with E-state index in [1.807, 2.05) is 6.92 Å². The molecule has 0 heterocycles. The van der Waals surface area contributed by atoms with Crippen molar-refractivity contribution in [2.45, 2.75) is 40.0 Å². The highest BCUT2D eigenvalue weighted by Gasteiger charge is 2.42. The van der Waals surface area contributed by atoms with E-state index in [1.54, 1.807) is 4.90 Å². The van der Waals surface area contributed by atoms with Crippen molar-refractivity contribution >= 4 is 6.03 Å². The fourth-order valence-corrected chi connectivity index (χ4v) is 2.39. The minimum absolute atomic E-state index is 0.0262. The van der Waals surface area contributed by atoms with Gasteiger partial charge in [-0.15, -0.1) is 0 Å². The Morgan fingerprint density at radius 1 is 1.47 bits per heavy atom. The molecule has 4 nitrogen and oxygen atoms in total. The van der Waals surface area contributed by atoms with Crippen LogP contribution >= 0.6 is 0 Å². The van der Waals surface area contributed by atoms with Crippen LogP contribution in [0.25, 0.3) is 0 Å². The Kier molecular flexibility index (Phi) is 5.25. The molecular weight excluding hydrogens is 216 g/mol. The zero-order valence-corrected chi connectivity index (χ0v) is 11.3. The van der Waals surface area contributed by atoms with E-state index in [-0.39, 0.29) is 12.6 Å². The lowest BCUT2D eigenvalue weighted by Gasteiger charge is -2.23. The number of carbonyl (C=O) groups excluding carboxylic acids is 1. The minimum atomic E-state index is -0.0448. The fourth-order valence-electron chi connectivity index (χ4n) is 2.39. The van der Waals surface area contributed by atoms with Crippen LogP contribution in [0.2, 0.25) is 0 Å². The molecule has 1 fully saturated rings. The summed E-state index contributed by atoms with van der Waals surface area (Å²) in [5, 5.41) is 11.9. The molecule has 4 heteroatoms. The van der Waals surface area contributed by atoms with E-state index in [4.69, 9.17) is 5.11 Å². The second kappa shape index (κ2) is 6.24. The lowest BCUT2D eigenvalue weighted by Crippen LogP contribution is -2.43. The Labute approximate surface area is 104 Å². The minimum Gasteiger partial charge on any atom is -0.395 e. The van der Waals surface area contributed by atoms with Gasteiger partial charge >= 0.3 is 6.03 Å². The number of hydrogen-bond acceptors (Lipinski definition) is 2. The highest BCUT2D eigenvalue weighted by molar-refractivity contribution is 5.74. The van der Waals surface area contributed by atoms with E-state index in [1.165, 1.54) is 19.3 Å². The van der Waals surface area contributed by atoms with Crippen molar-refractivity contribution in [1.29, 1.82) is 0 Å². The number of carbonyl (C=O) groups is 1. The molecule has 0 radical (unpaired) electrons. The maximum Gasteiger partial charge on any atom is 0.317 e. The van der Waals surface area contributed by atoms with Gasteiger partial charge in [-0.1, -0.05) is 13.8 Å². The van der Waals surface area contributed by atoms with Crippen LogP contribution in [-0.2, 0) is 0 Å². The van der Waals surface area contributed by atoms with E-state index in [0.29, 0.717) is 24.4 Å². The van der Waals surface area contributed by atoms with Gasteiger partial charge < -0.3 is 15.3 Å². The molecule has 2 N–H and O–H groups in total. The molecular formula is C13H26N2O2. The highest BCUT2D eigenvalue weighted by Crippen LogP contribution is 2.49. The molecule has 0 aliphatic heterocycles. The molecule has 2 amide bonds. The maximum atomic E-state index is 11.8. The van der Waals surface area contributed by atoms with Crippen molar-refractivity contribution in [3.63, 3.8) is 0 Å². The van der Waals surface area contributed by atoms with Gasteiger partial charge in [0.15, 0.2) is 0 Å². The molecule has 0 saturated heterocycles. The van der Waals surface area contributed by atoms with Crippen molar-refractivity contribution in [1.82, 2.24) is 10.2 Å². The first-order chi connectivity index (χ1) is 8.03. The number of hydrogen-bond donors (Lipinski definition) is 2. The van der Waals surface area contributed by atoms with Crippen LogP contribution in [0.3, 0.4) is 0 Å². The molecule has 0 aromatic rings. The standard InChI is InChI=1S/C13H26N2O2/c1-4-15(7-8-16)12(17)14-10-13(5-6-13)9-11(2)3/h11,16H,4-10H2,1-3H3,(H,14,17). The van der Waals surface area contributed by atoms with Gasteiger partial charge in [-0.2, -0.15) is 0 Å². The van der Waals surface area contributed by atoms with Crippen LogP contribution in [0, 0.1) is 11.3 Å². The summed E-state index contributed by atoms with van der Waals surface area (Å²) in [7, 11) is 0. The molecule has 1 rings (SSSR count). The summed E-state index contributed by atoms with van der Waals surface area (Å²) < 4.78 is 0. The lowest BCUT2D eigenvalue weighted by atomic mass is 9.94. The van der Waals surface area contributed by atoms with Crippen LogP contribution in [0.4, 0.5) is 4.79 Å². The topological polar surface area (TPSA) is 52.6 Å². The van der Waals surface area contributed by atoms with Gasteiger partial charge in [-0.3, -0.25) is 0 Å². The first-order valence-corrected chi connectivity index (χ1v) is 6.66. The average Bonchev–Trinajstić information content (AvgIpc) is 3.02. The number of amides is 2. The predicted molar refractivity (Wildman–Crippen MR) is 68.9 cm³/mol. The van der Waals surface area contributed by atoms with Crippen molar-refractivity contribution < 1.29 is 9.90 Å². The van der Waals surface area contributed by atoms with E-state index in [0.717, 1.165) is 6.54 Å². The number of urea groups is 1. The van der Waals surface area contributed by atoms with Crippen LogP contribution in [0.1, 0.15) is 40.0 Å². The van der Waals surface area contributed by atoms with Crippen LogP contribution in [0.15, 0.2) is 0 Å². The molecule has 0 spiro atoms. The number of rotatable bonds is 7. The summed E-state index contributed by atoms with van der Waals surface area (Å²) in [6.07, 6.45) is 3.66. The highest BCUT2D eigenvalue weighted by atomic mass is 16.3. The molecule has 0 aromatic carbocycles. The van der Waals surface area contributed by atoms with Gasteiger partial charge in [-0.25, -0.2) is 4.79 Å². The zero-order chi connectivity index (χ0) is 12.9. The van der Waals surface area contributed by atoms with Gasteiger partial charge in [-0.05, 0) is 37.5 Å². The molecule has 0 unspecified atom stereocenters. The summed E-state index contributed by atoms with van der Waals surface area (Å²) in [5.74, 6) is 0.689. The SMILES string of the molecule is CCN(CCO)C(=O)NCC1(CC(C)C)CC1. The number of likely N-dealkylation sites (N-methyl/N-ethyl adjacent to an activating group) is 1. The van der Waals surface area contributed by atoms with E-state index < -0.39 is 0 Å². The van der Waals surface area contributed by atoms with Crippen LogP contribution in [0.5, 0.6) is 0 Å². The van der Waals surface area contributed by atoms with Crippen molar-refractivity contribution in [2.24, 2.45) is 11.3 Å². The molecule has 1 saturated carbocycles. The number of aliphatic hydroxyl groups is 1. The van der Waals surface area contributed by atoms with Gasteiger partial charge in [0.1, 0.15) is 0 Å². The first-order valence-electron chi connectivity index (χ1n) is 6.66. The quantitative estimate of drug-likeness (QED) is 0.715. The smallest absolute Gasteiger partial charge is 0.317 e. The maximum absolute atomic E-state index is 11.8. The van der Waals surface area contributed by atoms with Gasteiger partial charge in [0.2, 0.25) is 0 Å². The van der Waals surface area contributed by atoms with Crippen molar-refractivity contribution in [2.75, 3.05) is 26.2 Å². The predicted octanol–water partition coefficient (Wildman–Crippen LogP) is 1.84. The lowest BCUT2D eigenvalue weighted by molar-refractivity contribution is 0.177. The largest absolute Gasteiger partial charge is 0.395 e. The van der Waals surface area contributed by atoms with Gasteiger partial charge in [0.25, 0.3) is 0 Å². The molecule has 0 atom stereocenters. The first kappa shape index (κ1) is 14.3. The van der Waals surface area contributed by atoms with E-state index in [2.05, 4.69) is 19.2 Å². The summed E-state index contributed by atoms with van der Waals surface area (Å²) in [6.45, 7) is 8.25.